The summed E-state index contributed by atoms with van der Waals surface area (Å²) in [6.07, 6.45) is 0. The van der Waals surface area contributed by atoms with Crippen LogP contribution in [0.25, 0.3) is 0 Å². The van der Waals surface area contributed by atoms with Gasteiger partial charge >= 0.3 is 5.97 Å². The van der Waals surface area contributed by atoms with Crippen LogP contribution in [0.5, 0.6) is 0 Å². The number of benzene rings is 1. The summed E-state index contributed by atoms with van der Waals surface area (Å²) in [7, 11) is 0. The molecule has 5 nitrogen and oxygen atoms in total. The van der Waals surface area contributed by atoms with E-state index in [9.17, 15) is 9.59 Å². The lowest BCUT2D eigenvalue weighted by molar-refractivity contribution is -0.120. The zero-order valence-corrected chi connectivity index (χ0v) is 8.64. The van der Waals surface area contributed by atoms with Crippen molar-refractivity contribution in [1.82, 2.24) is 5.32 Å². The van der Waals surface area contributed by atoms with Gasteiger partial charge in [-0.15, -0.1) is 0 Å². The Kier molecular flexibility index (Phi) is 2.76. The van der Waals surface area contributed by atoms with Gasteiger partial charge in [-0.3, -0.25) is 4.79 Å². The van der Waals surface area contributed by atoms with Gasteiger partial charge in [0.05, 0.1) is 17.8 Å². The molecule has 0 atom stereocenters. The summed E-state index contributed by atoms with van der Waals surface area (Å²) in [5, 5.41) is 11.7. The fourth-order valence-electron chi connectivity index (χ4n) is 1.77. The quantitative estimate of drug-likeness (QED) is 0.753. The molecule has 0 aliphatic carbocycles. The summed E-state index contributed by atoms with van der Waals surface area (Å²) in [5.74, 6) is -1.05. The van der Waals surface area contributed by atoms with E-state index in [4.69, 9.17) is 5.11 Å². The molecule has 1 aliphatic heterocycles. The molecule has 1 aliphatic rings. The van der Waals surface area contributed by atoms with Crippen molar-refractivity contribution >= 4 is 17.6 Å². The monoisotopic (exact) mass is 220 g/mol. The number of piperazine rings is 1. The summed E-state index contributed by atoms with van der Waals surface area (Å²) in [6, 6.07) is 6.72. The van der Waals surface area contributed by atoms with Crippen LogP contribution in [0, 0.1) is 0 Å². The zero-order valence-electron chi connectivity index (χ0n) is 8.64. The molecule has 2 rings (SSSR count). The number of amides is 1. The molecule has 0 radical (unpaired) electrons. The molecular weight excluding hydrogens is 208 g/mol. The molecule has 0 aromatic heterocycles. The second-order valence-corrected chi connectivity index (χ2v) is 3.59. The lowest BCUT2D eigenvalue weighted by Gasteiger charge is -2.29. The Morgan fingerprint density at radius 2 is 2.12 bits per heavy atom. The molecular formula is C11H12N2O3. The first-order valence-corrected chi connectivity index (χ1v) is 5.02. The van der Waals surface area contributed by atoms with Crippen molar-refractivity contribution in [1.29, 1.82) is 0 Å². The third-order valence-corrected chi connectivity index (χ3v) is 2.51. The minimum absolute atomic E-state index is 0.0774. The SMILES string of the molecule is O=C1CN(c2ccccc2C(=O)O)CCN1. The molecule has 16 heavy (non-hydrogen) atoms. The van der Waals surface area contributed by atoms with E-state index >= 15 is 0 Å². The third kappa shape index (κ3) is 1.98. The molecule has 1 fully saturated rings. The number of rotatable bonds is 2. The predicted molar refractivity (Wildman–Crippen MR) is 58.6 cm³/mol. The largest absolute Gasteiger partial charge is 0.478 e. The molecule has 84 valence electrons. The van der Waals surface area contributed by atoms with Gasteiger partial charge in [0.15, 0.2) is 0 Å². The number of hydrogen-bond donors (Lipinski definition) is 2. The van der Waals surface area contributed by atoms with Crippen LogP contribution in [0.1, 0.15) is 10.4 Å². The molecule has 2 N–H and O–H groups in total. The first kappa shape index (κ1) is 10.5. The minimum Gasteiger partial charge on any atom is -0.478 e. The van der Waals surface area contributed by atoms with Crippen LogP contribution in [0.4, 0.5) is 5.69 Å². The standard InChI is InChI=1S/C11H12N2O3/c14-10-7-13(6-5-12-10)9-4-2-1-3-8(9)11(15)16/h1-4H,5-7H2,(H,12,14)(H,15,16). The Balaban J connectivity index is 2.32. The lowest BCUT2D eigenvalue weighted by atomic mass is 10.1. The average molecular weight is 220 g/mol. The molecule has 0 bridgehead atoms. The van der Waals surface area contributed by atoms with Crippen molar-refractivity contribution in [3.05, 3.63) is 29.8 Å². The second-order valence-electron chi connectivity index (χ2n) is 3.59. The molecule has 0 saturated carbocycles. The Labute approximate surface area is 92.7 Å². The smallest absolute Gasteiger partial charge is 0.337 e. The topological polar surface area (TPSA) is 69.6 Å². The average Bonchev–Trinajstić information content (AvgIpc) is 2.29. The number of anilines is 1. The first-order valence-electron chi connectivity index (χ1n) is 5.02. The van der Waals surface area contributed by atoms with Crippen molar-refractivity contribution in [3.63, 3.8) is 0 Å². The highest BCUT2D eigenvalue weighted by Crippen LogP contribution is 2.20. The van der Waals surface area contributed by atoms with Crippen molar-refractivity contribution in [2.75, 3.05) is 24.5 Å². The molecule has 1 saturated heterocycles. The van der Waals surface area contributed by atoms with Crippen LogP contribution in [-0.2, 0) is 4.79 Å². The molecule has 1 aromatic rings. The Bertz CT molecular complexity index is 431. The van der Waals surface area contributed by atoms with E-state index < -0.39 is 5.97 Å². The summed E-state index contributed by atoms with van der Waals surface area (Å²) in [6.45, 7) is 1.40. The van der Waals surface area contributed by atoms with Crippen molar-refractivity contribution in [3.8, 4) is 0 Å². The molecule has 1 heterocycles. The van der Waals surface area contributed by atoms with Crippen LogP contribution >= 0.6 is 0 Å². The van der Waals surface area contributed by atoms with Gasteiger partial charge in [0.2, 0.25) is 5.91 Å². The highest BCUT2D eigenvalue weighted by molar-refractivity contribution is 5.95. The summed E-state index contributed by atoms with van der Waals surface area (Å²) in [5.41, 5.74) is 0.835. The minimum atomic E-state index is -0.971. The number of carbonyl (C=O) groups is 2. The van der Waals surface area contributed by atoms with Crippen LogP contribution in [0.2, 0.25) is 0 Å². The van der Waals surface area contributed by atoms with Crippen molar-refractivity contribution < 1.29 is 14.7 Å². The molecule has 0 spiro atoms. The maximum absolute atomic E-state index is 11.2. The van der Waals surface area contributed by atoms with Gasteiger partial charge in [-0.25, -0.2) is 4.79 Å². The van der Waals surface area contributed by atoms with Gasteiger partial charge in [-0.2, -0.15) is 0 Å². The molecule has 1 amide bonds. The Hall–Kier alpha value is -2.04. The van der Waals surface area contributed by atoms with Gasteiger partial charge in [-0.1, -0.05) is 12.1 Å². The fraction of sp³-hybridized carbons (Fsp3) is 0.273. The van der Waals surface area contributed by atoms with Gasteiger partial charge in [0.1, 0.15) is 0 Å². The van der Waals surface area contributed by atoms with E-state index in [1.54, 1.807) is 29.2 Å². The molecule has 5 heteroatoms. The van der Waals surface area contributed by atoms with Crippen molar-refractivity contribution in [2.45, 2.75) is 0 Å². The first-order chi connectivity index (χ1) is 7.68. The highest BCUT2D eigenvalue weighted by Gasteiger charge is 2.20. The molecule has 1 aromatic carbocycles. The van der Waals surface area contributed by atoms with E-state index in [0.29, 0.717) is 18.8 Å². The number of nitrogens with zero attached hydrogens (tertiary/aromatic N) is 1. The molecule has 0 unspecified atom stereocenters. The number of carboxylic acid groups (broad SMARTS) is 1. The van der Waals surface area contributed by atoms with E-state index in [1.807, 2.05) is 0 Å². The van der Waals surface area contributed by atoms with Crippen molar-refractivity contribution in [2.24, 2.45) is 0 Å². The third-order valence-electron chi connectivity index (χ3n) is 2.51. The maximum atomic E-state index is 11.2. The number of aromatic carboxylic acids is 1. The Morgan fingerprint density at radius 1 is 1.38 bits per heavy atom. The van der Waals surface area contributed by atoms with Gasteiger partial charge in [0.25, 0.3) is 0 Å². The van der Waals surface area contributed by atoms with Gasteiger partial charge in [-0.05, 0) is 12.1 Å². The van der Waals surface area contributed by atoms with E-state index in [2.05, 4.69) is 5.32 Å². The number of carbonyl (C=O) groups excluding carboxylic acids is 1. The second kappa shape index (κ2) is 4.22. The van der Waals surface area contributed by atoms with Crippen LogP contribution in [-0.4, -0.2) is 36.6 Å². The zero-order chi connectivity index (χ0) is 11.5. The summed E-state index contributed by atoms with van der Waals surface area (Å²) >= 11 is 0. The van der Waals surface area contributed by atoms with Gasteiger partial charge in [0, 0.05) is 13.1 Å². The highest BCUT2D eigenvalue weighted by atomic mass is 16.4. The Morgan fingerprint density at radius 3 is 2.81 bits per heavy atom. The lowest BCUT2D eigenvalue weighted by Crippen LogP contribution is -2.48. The van der Waals surface area contributed by atoms with E-state index in [0.717, 1.165) is 0 Å². The maximum Gasteiger partial charge on any atom is 0.337 e. The van der Waals surface area contributed by atoms with Gasteiger partial charge < -0.3 is 15.3 Å². The fourth-order valence-corrected chi connectivity index (χ4v) is 1.77. The number of nitrogens with one attached hydrogen (secondary N) is 1. The summed E-state index contributed by atoms with van der Waals surface area (Å²) in [4.78, 5) is 24.0. The summed E-state index contributed by atoms with van der Waals surface area (Å²) < 4.78 is 0. The van der Waals surface area contributed by atoms with Crippen LogP contribution in [0.3, 0.4) is 0 Å². The van der Waals surface area contributed by atoms with Crippen LogP contribution in [0.15, 0.2) is 24.3 Å². The van der Waals surface area contributed by atoms with E-state index in [-0.39, 0.29) is 18.0 Å². The van der Waals surface area contributed by atoms with E-state index in [1.165, 1.54) is 0 Å². The number of carboxylic acids is 1. The normalized spacial score (nSPS) is 15.8. The number of hydrogen-bond acceptors (Lipinski definition) is 3. The number of para-hydroxylation sites is 1. The van der Waals surface area contributed by atoms with Crippen LogP contribution < -0.4 is 10.2 Å². The predicted octanol–water partition coefficient (Wildman–Crippen LogP) is 0.321.